The van der Waals surface area contributed by atoms with Gasteiger partial charge in [0.2, 0.25) is 17.7 Å². The minimum Gasteiger partial charge on any atom is -0.473 e. The fraction of sp³-hybridized carbons (Fsp3) is 0.395. The fourth-order valence-electron chi connectivity index (χ4n) is 7.32. The third-order valence-corrected chi connectivity index (χ3v) is 10.2. The zero-order valence-corrected chi connectivity index (χ0v) is 31.9. The Morgan fingerprint density at radius 3 is 2.11 bits per heavy atom. The van der Waals surface area contributed by atoms with Crippen LogP contribution < -0.4 is 14.4 Å². The highest BCUT2D eigenvalue weighted by Crippen LogP contribution is 2.37. The van der Waals surface area contributed by atoms with Crippen molar-refractivity contribution in [1.82, 2.24) is 24.6 Å². The van der Waals surface area contributed by atoms with Crippen LogP contribution in [0, 0.1) is 11.8 Å². The number of piperazine rings is 1. The largest absolute Gasteiger partial charge is 0.473 e. The molecule has 0 N–H and O–H groups in total. The smallest absolute Gasteiger partial charge is 0.410 e. The number of benzene rings is 3. The summed E-state index contributed by atoms with van der Waals surface area (Å²) in [6, 6.07) is 30.3. The molecular formula is C43H50N6O5. The van der Waals surface area contributed by atoms with Gasteiger partial charge >= 0.3 is 6.09 Å². The fourth-order valence-corrected chi connectivity index (χ4v) is 7.32. The highest BCUT2D eigenvalue weighted by molar-refractivity contribution is 5.96. The predicted octanol–water partition coefficient (Wildman–Crippen LogP) is 7.34. The number of carbonyl (C=O) groups is 2. The monoisotopic (exact) mass is 730 g/mol. The highest BCUT2D eigenvalue weighted by atomic mass is 16.6. The molecule has 2 amide bonds. The second-order valence-electron chi connectivity index (χ2n) is 15.3. The Labute approximate surface area is 317 Å². The zero-order chi connectivity index (χ0) is 37.8. The number of aryl methyl sites for hydroxylation is 1. The molecule has 0 radical (unpaired) electrons. The van der Waals surface area contributed by atoms with Crippen molar-refractivity contribution in [2.24, 2.45) is 18.9 Å². The number of fused-ring (bicyclic) bond motifs is 1. The zero-order valence-electron chi connectivity index (χ0n) is 31.9. The van der Waals surface area contributed by atoms with Gasteiger partial charge in [0.05, 0.1) is 11.1 Å². The first-order chi connectivity index (χ1) is 26.0. The molecule has 5 aromatic rings. The van der Waals surface area contributed by atoms with Crippen molar-refractivity contribution in [3.8, 4) is 23.0 Å². The number of rotatable bonds is 9. The first-order valence-electron chi connectivity index (χ1n) is 18.9. The van der Waals surface area contributed by atoms with Gasteiger partial charge in [-0.2, -0.15) is 10.1 Å². The molecule has 2 aromatic heterocycles. The van der Waals surface area contributed by atoms with E-state index < -0.39 is 5.60 Å². The first kappa shape index (κ1) is 36.8. The molecule has 0 bridgehead atoms. The number of ether oxygens (including phenoxy) is 3. The number of hydrogen-bond donors (Lipinski definition) is 0. The summed E-state index contributed by atoms with van der Waals surface area (Å²) in [7, 11) is 1.96. The summed E-state index contributed by atoms with van der Waals surface area (Å²) >= 11 is 0. The summed E-state index contributed by atoms with van der Waals surface area (Å²) in [5, 5.41) is 5.96. The number of amides is 2. The molecule has 4 heterocycles. The summed E-state index contributed by atoms with van der Waals surface area (Å²) in [4.78, 5) is 37.2. The molecule has 282 valence electrons. The topological polar surface area (TPSA) is 102 Å². The van der Waals surface area contributed by atoms with Crippen LogP contribution in [-0.4, -0.2) is 81.4 Å². The van der Waals surface area contributed by atoms with E-state index >= 15 is 0 Å². The molecule has 2 fully saturated rings. The molecule has 0 saturated carbocycles. The van der Waals surface area contributed by atoms with Crippen molar-refractivity contribution < 1.29 is 23.8 Å². The summed E-state index contributed by atoms with van der Waals surface area (Å²) in [6.45, 7) is 12.3. The molecular weight excluding hydrogens is 681 g/mol. The lowest BCUT2D eigenvalue weighted by molar-refractivity contribution is -0.139. The van der Waals surface area contributed by atoms with E-state index in [-0.39, 0.29) is 23.8 Å². The molecule has 2 saturated heterocycles. The molecule has 0 unspecified atom stereocenters. The van der Waals surface area contributed by atoms with Crippen molar-refractivity contribution in [2.75, 3.05) is 44.2 Å². The number of piperidine rings is 1. The predicted molar refractivity (Wildman–Crippen MR) is 209 cm³/mol. The Balaban J connectivity index is 1.04. The first-order valence-corrected chi connectivity index (χ1v) is 18.9. The molecule has 54 heavy (non-hydrogen) atoms. The van der Waals surface area contributed by atoms with Gasteiger partial charge in [0.15, 0.2) is 0 Å². The number of carbonyl (C=O) groups excluding carboxylic acids is 2. The molecule has 2 aliphatic rings. The van der Waals surface area contributed by atoms with Crippen molar-refractivity contribution in [1.29, 1.82) is 0 Å². The van der Waals surface area contributed by atoms with Crippen LogP contribution in [-0.2, 0) is 29.8 Å². The number of anilines is 1. The van der Waals surface area contributed by atoms with Crippen LogP contribution in [0.2, 0.25) is 0 Å². The van der Waals surface area contributed by atoms with Crippen molar-refractivity contribution in [3.05, 3.63) is 102 Å². The van der Waals surface area contributed by atoms with Gasteiger partial charge in [-0.15, -0.1) is 0 Å². The van der Waals surface area contributed by atoms with E-state index in [2.05, 4.69) is 30.0 Å². The molecule has 2 aliphatic heterocycles. The molecule has 2 atom stereocenters. The van der Waals surface area contributed by atoms with E-state index in [0.29, 0.717) is 57.6 Å². The van der Waals surface area contributed by atoms with E-state index in [1.165, 1.54) is 0 Å². The second kappa shape index (κ2) is 15.8. The Morgan fingerprint density at radius 1 is 0.796 bits per heavy atom. The van der Waals surface area contributed by atoms with Crippen LogP contribution >= 0.6 is 0 Å². The average molecular weight is 731 g/mol. The minimum absolute atomic E-state index is 0.0655. The van der Waals surface area contributed by atoms with Gasteiger partial charge in [-0.05, 0) is 68.5 Å². The number of nitrogens with zero attached hydrogens (tertiary/aromatic N) is 6. The lowest BCUT2D eigenvalue weighted by atomic mass is 9.85. The minimum atomic E-state index is -0.542. The van der Waals surface area contributed by atoms with Gasteiger partial charge < -0.3 is 28.9 Å². The van der Waals surface area contributed by atoms with Crippen molar-refractivity contribution in [3.63, 3.8) is 0 Å². The molecule has 7 rings (SSSR count). The Hall–Kier alpha value is -5.58. The highest BCUT2D eigenvalue weighted by Gasteiger charge is 2.37. The van der Waals surface area contributed by atoms with E-state index in [4.69, 9.17) is 24.3 Å². The van der Waals surface area contributed by atoms with E-state index in [9.17, 15) is 9.59 Å². The summed E-state index contributed by atoms with van der Waals surface area (Å²) < 4.78 is 19.9. The van der Waals surface area contributed by atoms with Gasteiger partial charge in [-0.3, -0.25) is 9.48 Å². The number of aromatic nitrogens is 3. The lowest BCUT2D eigenvalue weighted by Gasteiger charge is -2.41. The molecule has 0 aliphatic carbocycles. The summed E-state index contributed by atoms with van der Waals surface area (Å²) in [5.41, 5.74) is 5.20. The van der Waals surface area contributed by atoms with Crippen LogP contribution in [0.1, 0.15) is 45.2 Å². The molecule has 11 nitrogen and oxygen atoms in total. The number of likely N-dealkylation sites (tertiary alicyclic amines) is 1. The Bertz CT molecular complexity index is 2070. The van der Waals surface area contributed by atoms with Crippen LogP contribution in [0.5, 0.6) is 11.8 Å². The summed E-state index contributed by atoms with van der Waals surface area (Å²) in [5.74, 6) is 1.09. The van der Waals surface area contributed by atoms with Gasteiger partial charge in [-0.1, -0.05) is 67.6 Å². The van der Waals surface area contributed by atoms with Crippen LogP contribution in [0.15, 0.2) is 91.0 Å². The van der Waals surface area contributed by atoms with Crippen molar-refractivity contribution >= 4 is 28.6 Å². The molecule has 11 heteroatoms. The molecule has 3 aromatic carbocycles. The maximum absolute atomic E-state index is 13.7. The Kier molecular flexibility index (Phi) is 10.8. The van der Waals surface area contributed by atoms with Gasteiger partial charge in [0.1, 0.15) is 24.5 Å². The van der Waals surface area contributed by atoms with Crippen LogP contribution in [0.25, 0.3) is 22.2 Å². The van der Waals surface area contributed by atoms with E-state index in [0.717, 1.165) is 52.1 Å². The normalized spacial score (nSPS) is 17.8. The molecule has 0 spiro atoms. The lowest BCUT2D eigenvalue weighted by Crippen LogP contribution is -2.54. The third kappa shape index (κ3) is 8.46. The third-order valence-electron chi connectivity index (χ3n) is 10.2. The van der Waals surface area contributed by atoms with Gasteiger partial charge in [-0.25, -0.2) is 4.79 Å². The van der Waals surface area contributed by atoms with Gasteiger partial charge in [0.25, 0.3) is 0 Å². The van der Waals surface area contributed by atoms with Crippen LogP contribution in [0.4, 0.5) is 10.5 Å². The number of hydrogen-bond acceptors (Lipinski definition) is 8. The quantitative estimate of drug-likeness (QED) is 0.155. The van der Waals surface area contributed by atoms with E-state index in [1.54, 1.807) is 4.90 Å². The SMILES string of the molecule is C[C@H]1CN(C(=O)OC(C)(C)C)CC[C@@H]1C(=O)N1CCN(c2ccc3c(-c4ccc(OCc5ccccc5)nc4OCc4ccccc4)nn(C)c3c2)CC1. The average Bonchev–Trinajstić information content (AvgIpc) is 3.51. The van der Waals surface area contributed by atoms with Crippen molar-refractivity contribution in [2.45, 2.75) is 52.9 Å². The second-order valence-corrected chi connectivity index (χ2v) is 15.3. The standard InChI is InChI=1S/C43H50N6O5/c1-30-27-49(42(51)54-43(2,3)4)21-20-34(30)41(50)48-24-22-47(23-25-48)33-16-17-35-37(26-33)46(5)45-39(35)36-18-19-38(52-28-31-12-8-6-9-13-31)44-40(36)53-29-32-14-10-7-11-15-32/h6-19,26,30,34H,20-25,27-29H2,1-5H3/t30-,34-/m0/s1. The summed E-state index contributed by atoms with van der Waals surface area (Å²) in [6.07, 6.45) is 0.346. The Morgan fingerprint density at radius 2 is 1.46 bits per heavy atom. The van der Waals surface area contributed by atoms with Gasteiger partial charge in [0, 0.05) is 69.4 Å². The maximum Gasteiger partial charge on any atom is 0.410 e. The van der Waals surface area contributed by atoms with Crippen LogP contribution in [0.3, 0.4) is 0 Å². The van der Waals surface area contributed by atoms with E-state index in [1.807, 2.05) is 110 Å². The maximum atomic E-state index is 13.7. The number of pyridine rings is 1.